The zero-order valence-electron chi connectivity index (χ0n) is 8.03. The van der Waals surface area contributed by atoms with Crippen LogP contribution in [0, 0.1) is 0 Å². The van der Waals surface area contributed by atoms with Crippen molar-refractivity contribution >= 4 is 17.3 Å². The molecule has 0 bridgehead atoms. The number of carbonyl (C=O) groups excluding carboxylic acids is 1. The van der Waals surface area contributed by atoms with Gasteiger partial charge in [-0.15, -0.1) is 0 Å². The Labute approximate surface area is 87.8 Å². The van der Waals surface area contributed by atoms with Crippen LogP contribution in [0.3, 0.4) is 0 Å². The van der Waals surface area contributed by atoms with Crippen LogP contribution in [0.15, 0.2) is 23.9 Å². The molecule has 0 N–H and O–H groups in total. The van der Waals surface area contributed by atoms with Crippen molar-refractivity contribution in [1.82, 2.24) is 4.37 Å². The average molecular weight is 207 g/mol. The summed E-state index contributed by atoms with van der Waals surface area (Å²) in [5, 5.41) is 0. The van der Waals surface area contributed by atoms with Crippen LogP contribution < -0.4 is 0 Å². The summed E-state index contributed by atoms with van der Waals surface area (Å²) in [5.41, 5.74) is 1.31. The van der Waals surface area contributed by atoms with Gasteiger partial charge in [-0.25, -0.2) is 4.37 Å². The van der Waals surface area contributed by atoms with Crippen LogP contribution in [-0.4, -0.2) is 10.2 Å². The Bertz CT molecular complexity index is 340. The second kappa shape index (κ2) is 4.51. The van der Waals surface area contributed by atoms with E-state index in [2.05, 4.69) is 10.4 Å². The molecule has 0 unspecified atom stereocenters. The molecule has 1 aliphatic rings. The highest BCUT2D eigenvalue weighted by Crippen LogP contribution is 2.22. The van der Waals surface area contributed by atoms with Crippen molar-refractivity contribution in [1.29, 1.82) is 0 Å². The zero-order chi connectivity index (χ0) is 9.80. The number of aromatic nitrogens is 1. The molecular weight excluding hydrogens is 194 g/mol. The van der Waals surface area contributed by atoms with Crippen LogP contribution in [0.25, 0.3) is 0 Å². The fourth-order valence-corrected chi connectivity index (χ4v) is 2.25. The molecule has 0 saturated heterocycles. The van der Waals surface area contributed by atoms with E-state index in [4.69, 9.17) is 0 Å². The van der Waals surface area contributed by atoms with E-state index in [-0.39, 0.29) is 5.78 Å². The van der Waals surface area contributed by atoms with Gasteiger partial charge in [-0.3, -0.25) is 4.79 Å². The summed E-state index contributed by atoms with van der Waals surface area (Å²) in [6.45, 7) is 0. The fourth-order valence-electron chi connectivity index (χ4n) is 1.72. The summed E-state index contributed by atoms with van der Waals surface area (Å²) < 4.78 is 3.94. The van der Waals surface area contributed by atoms with Crippen LogP contribution in [0.2, 0.25) is 0 Å². The quantitative estimate of drug-likeness (QED) is 0.562. The minimum Gasteiger partial charge on any atom is -0.293 e. The van der Waals surface area contributed by atoms with Crippen molar-refractivity contribution in [2.45, 2.75) is 32.1 Å². The van der Waals surface area contributed by atoms with Crippen molar-refractivity contribution in [3.05, 3.63) is 28.8 Å². The molecule has 0 atom stereocenters. The zero-order valence-corrected chi connectivity index (χ0v) is 8.85. The molecule has 0 spiro atoms. The Hall–Kier alpha value is -0.960. The van der Waals surface area contributed by atoms with Gasteiger partial charge in [0.25, 0.3) is 0 Å². The highest BCUT2D eigenvalue weighted by Gasteiger charge is 2.11. The van der Waals surface area contributed by atoms with Crippen molar-refractivity contribution in [2.75, 3.05) is 0 Å². The molecule has 74 valence electrons. The van der Waals surface area contributed by atoms with Gasteiger partial charge in [-0.2, -0.15) is 0 Å². The van der Waals surface area contributed by atoms with Crippen molar-refractivity contribution in [2.24, 2.45) is 0 Å². The van der Waals surface area contributed by atoms with Crippen LogP contribution in [0.1, 0.15) is 41.8 Å². The number of hydrogen-bond donors (Lipinski definition) is 0. The molecule has 1 aromatic rings. The maximum Gasteiger partial charge on any atom is 0.178 e. The normalized spacial score (nSPS) is 16.4. The lowest BCUT2D eigenvalue weighted by atomic mass is 9.95. The summed E-state index contributed by atoms with van der Waals surface area (Å²) >= 11 is 1.29. The van der Waals surface area contributed by atoms with Gasteiger partial charge in [-0.1, -0.05) is 11.6 Å². The van der Waals surface area contributed by atoms with E-state index < -0.39 is 0 Å². The van der Waals surface area contributed by atoms with Gasteiger partial charge >= 0.3 is 0 Å². The molecule has 14 heavy (non-hydrogen) atoms. The minimum absolute atomic E-state index is 0.223. The number of rotatable bonds is 3. The van der Waals surface area contributed by atoms with Crippen molar-refractivity contribution < 1.29 is 4.79 Å². The van der Waals surface area contributed by atoms with Gasteiger partial charge in [0.15, 0.2) is 5.78 Å². The lowest BCUT2D eigenvalue weighted by molar-refractivity contribution is 0.0995. The summed E-state index contributed by atoms with van der Waals surface area (Å²) in [7, 11) is 0. The molecule has 0 aromatic carbocycles. The fraction of sp³-hybridized carbons (Fsp3) is 0.455. The van der Waals surface area contributed by atoms with Crippen molar-refractivity contribution in [3.63, 3.8) is 0 Å². The molecule has 2 rings (SSSR count). The van der Waals surface area contributed by atoms with E-state index in [1.165, 1.54) is 29.9 Å². The molecular formula is C11H13NOS. The van der Waals surface area contributed by atoms with E-state index in [9.17, 15) is 4.79 Å². The van der Waals surface area contributed by atoms with Gasteiger partial charge in [0.05, 0.1) is 4.88 Å². The van der Waals surface area contributed by atoms with E-state index in [0.717, 1.165) is 17.7 Å². The van der Waals surface area contributed by atoms with Gasteiger partial charge < -0.3 is 0 Å². The third-order valence-corrected chi connectivity index (χ3v) is 3.27. The standard InChI is InChI=1S/C11H13NOS/c13-10(11-6-7-12-14-11)8-9-4-2-1-3-5-9/h4,6-7H,1-3,5,8H2. The summed E-state index contributed by atoms with van der Waals surface area (Å²) in [6.07, 6.45) is 9.27. The molecule has 1 heterocycles. The maximum atomic E-state index is 11.7. The first-order valence-electron chi connectivity index (χ1n) is 4.98. The molecule has 0 radical (unpaired) electrons. The lowest BCUT2D eigenvalue weighted by Crippen LogP contribution is -2.01. The molecule has 0 fully saturated rings. The lowest BCUT2D eigenvalue weighted by Gasteiger charge is -2.10. The maximum absolute atomic E-state index is 11.7. The van der Waals surface area contributed by atoms with Gasteiger partial charge in [0.2, 0.25) is 0 Å². The third-order valence-electron chi connectivity index (χ3n) is 2.49. The van der Waals surface area contributed by atoms with Crippen LogP contribution in [0.4, 0.5) is 0 Å². The number of Topliss-reactive ketones (excluding diaryl/α,β-unsaturated/α-hetero) is 1. The average Bonchev–Trinajstić information content (AvgIpc) is 2.72. The van der Waals surface area contributed by atoms with E-state index >= 15 is 0 Å². The topological polar surface area (TPSA) is 30.0 Å². The molecule has 3 heteroatoms. The third kappa shape index (κ3) is 2.29. The second-order valence-electron chi connectivity index (χ2n) is 3.58. The monoisotopic (exact) mass is 207 g/mol. The highest BCUT2D eigenvalue weighted by molar-refractivity contribution is 7.08. The van der Waals surface area contributed by atoms with Crippen LogP contribution in [0.5, 0.6) is 0 Å². The Morgan fingerprint density at radius 3 is 3.07 bits per heavy atom. The SMILES string of the molecule is O=C(CC1=CCCCC1)c1ccns1. The van der Waals surface area contributed by atoms with Gasteiger partial charge in [0, 0.05) is 12.6 Å². The van der Waals surface area contributed by atoms with Crippen LogP contribution >= 0.6 is 11.5 Å². The minimum atomic E-state index is 0.223. The van der Waals surface area contributed by atoms with Crippen molar-refractivity contribution in [3.8, 4) is 0 Å². The first-order valence-corrected chi connectivity index (χ1v) is 5.75. The number of allylic oxidation sites excluding steroid dienone is 2. The summed E-state index contributed by atoms with van der Waals surface area (Å²) in [6, 6.07) is 1.80. The molecule has 1 aromatic heterocycles. The van der Waals surface area contributed by atoms with E-state index in [0.29, 0.717) is 6.42 Å². The predicted octanol–water partition coefficient (Wildman–Crippen LogP) is 3.22. The number of ketones is 1. The number of nitrogens with zero attached hydrogens (tertiary/aromatic N) is 1. The molecule has 1 aliphatic carbocycles. The molecule has 0 amide bonds. The van der Waals surface area contributed by atoms with Gasteiger partial charge in [0.1, 0.15) is 0 Å². The second-order valence-corrected chi connectivity index (χ2v) is 4.42. The Balaban J connectivity index is 1.97. The number of hydrogen-bond acceptors (Lipinski definition) is 3. The van der Waals surface area contributed by atoms with E-state index in [1.54, 1.807) is 12.3 Å². The smallest absolute Gasteiger partial charge is 0.178 e. The summed E-state index contributed by atoms with van der Waals surface area (Å²) in [4.78, 5) is 12.5. The Kier molecular flexibility index (Phi) is 3.09. The molecule has 0 saturated carbocycles. The number of carbonyl (C=O) groups is 1. The predicted molar refractivity (Wildman–Crippen MR) is 57.6 cm³/mol. The van der Waals surface area contributed by atoms with Gasteiger partial charge in [-0.05, 0) is 43.3 Å². The largest absolute Gasteiger partial charge is 0.293 e. The Morgan fingerprint density at radius 1 is 1.50 bits per heavy atom. The Morgan fingerprint density at radius 2 is 2.43 bits per heavy atom. The molecule has 2 nitrogen and oxygen atoms in total. The van der Waals surface area contributed by atoms with E-state index in [1.807, 2.05) is 0 Å². The first kappa shape index (κ1) is 9.59. The first-order chi connectivity index (χ1) is 6.86. The highest BCUT2D eigenvalue weighted by atomic mass is 32.1. The summed E-state index contributed by atoms with van der Waals surface area (Å²) in [5.74, 6) is 0.223. The van der Waals surface area contributed by atoms with Crippen LogP contribution in [-0.2, 0) is 0 Å². The molecule has 0 aliphatic heterocycles.